The Morgan fingerprint density at radius 1 is 0.769 bits per heavy atom. The molecule has 0 aliphatic carbocycles. The van der Waals surface area contributed by atoms with Gasteiger partial charge in [0.2, 0.25) is 0 Å². The predicted molar refractivity (Wildman–Crippen MR) is 96.1 cm³/mol. The van der Waals surface area contributed by atoms with Crippen LogP contribution in [-0.2, 0) is 28.6 Å². The molecule has 0 spiro atoms. The van der Waals surface area contributed by atoms with Gasteiger partial charge in [-0.15, -0.1) is 0 Å². The minimum absolute atomic E-state index is 0.186. The average Bonchev–Trinajstić information content (AvgIpc) is 2.57. The van der Waals surface area contributed by atoms with Crippen molar-refractivity contribution < 1.29 is 33.7 Å². The van der Waals surface area contributed by atoms with E-state index < -0.39 is 36.9 Å². The van der Waals surface area contributed by atoms with Crippen molar-refractivity contribution in [2.75, 3.05) is 6.61 Å². The number of carbonyl (C=O) groups excluding carboxylic acids is 3. The standard InChI is InChI=1S/C19H34O7/c1-4-5-6-7-8-9-10-11-12-13-18(23)26-19(25-16(3)22)17(14-20)24-15(2)21/h17,19-20H,4-14H2,1-3H3. The largest absolute Gasteiger partial charge is 0.452 e. The number of rotatable bonds is 15. The summed E-state index contributed by atoms with van der Waals surface area (Å²) in [5, 5.41) is 9.26. The van der Waals surface area contributed by atoms with Crippen molar-refractivity contribution in [3.63, 3.8) is 0 Å². The Kier molecular flexibility index (Phi) is 14.6. The van der Waals surface area contributed by atoms with E-state index in [0.29, 0.717) is 6.42 Å². The van der Waals surface area contributed by atoms with E-state index in [1.807, 2.05) is 0 Å². The third kappa shape index (κ3) is 13.6. The van der Waals surface area contributed by atoms with Gasteiger partial charge in [0.25, 0.3) is 6.29 Å². The maximum absolute atomic E-state index is 11.9. The highest BCUT2D eigenvalue weighted by Crippen LogP contribution is 2.13. The van der Waals surface area contributed by atoms with Gasteiger partial charge in [-0.2, -0.15) is 0 Å². The van der Waals surface area contributed by atoms with E-state index in [0.717, 1.165) is 33.1 Å². The van der Waals surface area contributed by atoms with Gasteiger partial charge in [0.1, 0.15) is 0 Å². The van der Waals surface area contributed by atoms with Gasteiger partial charge in [-0.3, -0.25) is 14.4 Å². The summed E-state index contributed by atoms with van der Waals surface area (Å²) >= 11 is 0. The van der Waals surface area contributed by atoms with Crippen molar-refractivity contribution >= 4 is 17.9 Å². The van der Waals surface area contributed by atoms with Crippen LogP contribution in [-0.4, -0.2) is 42.0 Å². The molecule has 0 aromatic carbocycles. The summed E-state index contributed by atoms with van der Waals surface area (Å²) in [5.74, 6) is -1.92. The number of aliphatic hydroxyl groups excluding tert-OH is 1. The Morgan fingerprint density at radius 3 is 1.73 bits per heavy atom. The Labute approximate surface area is 156 Å². The zero-order chi connectivity index (χ0) is 19.8. The molecule has 0 amide bonds. The molecule has 0 radical (unpaired) electrons. The van der Waals surface area contributed by atoms with Gasteiger partial charge >= 0.3 is 17.9 Å². The molecule has 152 valence electrons. The summed E-state index contributed by atoms with van der Waals surface area (Å²) in [4.78, 5) is 34.1. The summed E-state index contributed by atoms with van der Waals surface area (Å²) in [5.41, 5.74) is 0. The fourth-order valence-corrected chi connectivity index (χ4v) is 2.50. The van der Waals surface area contributed by atoms with E-state index >= 15 is 0 Å². The van der Waals surface area contributed by atoms with E-state index in [1.54, 1.807) is 0 Å². The van der Waals surface area contributed by atoms with Crippen LogP contribution in [0.15, 0.2) is 0 Å². The molecule has 0 aromatic rings. The van der Waals surface area contributed by atoms with Crippen LogP contribution in [0, 0.1) is 0 Å². The summed E-state index contributed by atoms with van der Waals surface area (Å²) in [7, 11) is 0. The first-order chi connectivity index (χ1) is 12.4. The molecule has 7 heteroatoms. The zero-order valence-corrected chi connectivity index (χ0v) is 16.3. The van der Waals surface area contributed by atoms with Crippen molar-refractivity contribution in [1.82, 2.24) is 0 Å². The van der Waals surface area contributed by atoms with Crippen molar-refractivity contribution in [2.24, 2.45) is 0 Å². The van der Waals surface area contributed by atoms with E-state index in [1.165, 1.54) is 32.1 Å². The molecule has 26 heavy (non-hydrogen) atoms. The minimum atomic E-state index is -1.44. The maximum atomic E-state index is 11.9. The highest BCUT2D eigenvalue weighted by atomic mass is 16.7. The molecule has 0 bridgehead atoms. The number of hydrogen-bond donors (Lipinski definition) is 1. The number of aliphatic hydroxyl groups is 1. The van der Waals surface area contributed by atoms with Crippen LogP contribution in [0.5, 0.6) is 0 Å². The van der Waals surface area contributed by atoms with Crippen LogP contribution in [0.3, 0.4) is 0 Å². The molecule has 1 N–H and O–H groups in total. The average molecular weight is 374 g/mol. The smallest absolute Gasteiger partial charge is 0.309 e. The molecule has 0 saturated carbocycles. The van der Waals surface area contributed by atoms with Gasteiger partial charge in [-0.25, -0.2) is 0 Å². The third-order valence-electron chi connectivity index (χ3n) is 3.82. The quantitative estimate of drug-likeness (QED) is 0.267. The lowest BCUT2D eigenvalue weighted by Crippen LogP contribution is -2.40. The van der Waals surface area contributed by atoms with E-state index in [-0.39, 0.29) is 6.42 Å². The molecule has 0 rings (SSSR count). The molecular weight excluding hydrogens is 340 g/mol. The van der Waals surface area contributed by atoms with Crippen LogP contribution in [0.2, 0.25) is 0 Å². The molecule has 0 aromatic heterocycles. The van der Waals surface area contributed by atoms with Crippen molar-refractivity contribution in [3.8, 4) is 0 Å². The molecule has 0 fully saturated rings. The van der Waals surface area contributed by atoms with Crippen molar-refractivity contribution in [1.29, 1.82) is 0 Å². The monoisotopic (exact) mass is 374 g/mol. The normalized spacial score (nSPS) is 12.9. The van der Waals surface area contributed by atoms with Crippen molar-refractivity contribution in [2.45, 2.75) is 97.4 Å². The Morgan fingerprint density at radius 2 is 1.27 bits per heavy atom. The van der Waals surface area contributed by atoms with Crippen LogP contribution in [0.1, 0.15) is 85.0 Å². The van der Waals surface area contributed by atoms with Crippen molar-refractivity contribution in [3.05, 3.63) is 0 Å². The van der Waals surface area contributed by atoms with Crippen LogP contribution in [0.4, 0.5) is 0 Å². The number of hydrogen-bond acceptors (Lipinski definition) is 7. The van der Waals surface area contributed by atoms with E-state index in [4.69, 9.17) is 14.2 Å². The summed E-state index contributed by atoms with van der Waals surface area (Å²) in [6, 6.07) is 0. The number of unbranched alkanes of at least 4 members (excludes halogenated alkanes) is 8. The SMILES string of the molecule is CCCCCCCCCCCC(=O)OC(OC(C)=O)C(CO)OC(C)=O. The van der Waals surface area contributed by atoms with Gasteiger partial charge in [0, 0.05) is 20.3 Å². The van der Waals surface area contributed by atoms with Gasteiger partial charge in [-0.1, -0.05) is 58.3 Å². The molecule has 2 atom stereocenters. The highest BCUT2D eigenvalue weighted by molar-refractivity contribution is 5.70. The number of esters is 3. The Bertz CT molecular complexity index is 409. The zero-order valence-electron chi connectivity index (χ0n) is 16.3. The van der Waals surface area contributed by atoms with Gasteiger partial charge < -0.3 is 19.3 Å². The lowest BCUT2D eigenvalue weighted by atomic mass is 10.1. The van der Waals surface area contributed by atoms with E-state index in [9.17, 15) is 19.5 Å². The molecule has 2 unspecified atom stereocenters. The third-order valence-corrected chi connectivity index (χ3v) is 3.82. The first-order valence-corrected chi connectivity index (χ1v) is 9.55. The summed E-state index contributed by atoms with van der Waals surface area (Å²) in [6.45, 7) is 3.87. The topological polar surface area (TPSA) is 99.1 Å². The molecule has 7 nitrogen and oxygen atoms in total. The highest BCUT2D eigenvalue weighted by Gasteiger charge is 2.30. The molecular formula is C19H34O7. The first-order valence-electron chi connectivity index (χ1n) is 9.55. The second kappa shape index (κ2) is 15.6. The second-order valence-electron chi connectivity index (χ2n) is 6.38. The number of carbonyl (C=O) groups is 3. The number of ether oxygens (including phenoxy) is 3. The van der Waals surface area contributed by atoms with Crippen LogP contribution >= 0.6 is 0 Å². The Balaban J connectivity index is 4.09. The molecule has 0 heterocycles. The van der Waals surface area contributed by atoms with Gasteiger partial charge in [0.15, 0.2) is 6.10 Å². The molecule has 0 aliphatic rings. The van der Waals surface area contributed by atoms with Gasteiger partial charge in [-0.05, 0) is 6.42 Å². The molecule has 0 saturated heterocycles. The second-order valence-corrected chi connectivity index (χ2v) is 6.38. The van der Waals surface area contributed by atoms with E-state index in [2.05, 4.69) is 6.92 Å². The summed E-state index contributed by atoms with van der Waals surface area (Å²) < 4.78 is 14.7. The lowest BCUT2D eigenvalue weighted by Gasteiger charge is -2.24. The van der Waals surface area contributed by atoms with Crippen LogP contribution in [0.25, 0.3) is 0 Å². The minimum Gasteiger partial charge on any atom is -0.452 e. The maximum Gasteiger partial charge on any atom is 0.309 e. The fraction of sp³-hybridized carbons (Fsp3) is 0.842. The fourth-order valence-electron chi connectivity index (χ4n) is 2.50. The van der Waals surface area contributed by atoms with Crippen LogP contribution < -0.4 is 0 Å². The Hall–Kier alpha value is -1.63. The van der Waals surface area contributed by atoms with Gasteiger partial charge in [0.05, 0.1) is 6.61 Å². The molecule has 0 aliphatic heterocycles. The summed E-state index contributed by atoms with van der Waals surface area (Å²) in [6.07, 6.45) is 7.65. The predicted octanol–water partition coefficient (Wildman–Crippen LogP) is 3.26. The lowest BCUT2D eigenvalue weighted by molar-refractivity contribution is -0.216. The first kappa shape index (κ1) is 24.4.